The number of urea groups is 1. The molecule has 0 aromatic heterocycles. The van der Waals surface area contributed by atoms with Gasteiger partial charge in [-0.25, -0.2) is 4.79 Å². The molecular weight excluding hydrogens is 358 g/mol. The third-order valence-corrected chi connectivity index (χ3v) is 3.40. The van der Waals surface area contributed by atoms with Gasteiger partial charge in [0.05, 0.1) is 0 Å². The number of hydrogen-bond acceptors (Lipinski definition) is 2. The van der Waals surface area contributed by atoms with E-state index in [1.54, 1.807) is 42.5 Å². The Labute approximate surface area is 143 Å². The average molecular weight is 376 g/mol. The summed E-state index contributed by atoms with van der Waals surface area (Å²) in [6.45, 7) is 3.78. The van der Waals surface area contributed by atoms with Gasteiger partial charge in [0.25, 0.3) is 5.91 Å². The highest BCUT2D eigenvalue weighted by molar-refractivity contribution is 9.10. The van der Waals surface area contributed by atoms with Crippen LogP contribution in [0.2, 0.25) is 0 Å². The van der Waals surface area contributed by atoms with Gasteiger partial charge in [-0.1, -0.05) is 22.0 Å². The van der Waals surface area contributed by atoms with Crippen molar-refractivity contribution < 1.29 is 9.59 Å². The molecule has 0 unspecified atom stereocenters. The Bertz CT molecular complexity index is 699. The van der Waals surface area contributed by atoms with E-state index in [2.05, 4.69) is 31.9 Å². The van der Waals surface area contributed by atoms with E-state index in [-0.39, 0.29) is 18.0 Å². The molecule has 0 aliphatic carbocycles. The zero-order valence-corrected chi connectivity index (χ0v) is 14.5. The third-order valence-electron chi connectivity index (χ3n) is 2.91. The molecule has 0 aliphatic heterocycles. The zero-order chi connectivity index (χ0) is 16.8. The van der Waals surface area contributed by atoms with Crippen LogP contribution in [0.3, 0.4) is 0 Å². The monoisotopic (exact) mass is 375 g/mol. The molecule has 2 rings (SSSR count). The summed E-state index contributed by atoms with van der Waals surface area (Å²) in [5, 5.41) is 8.27. The third kappa shape index (κ3) is 5.41. The molecule has 0 bridgehead atoms. The van der Waals surface area contributed by atoms with Crippen LogP contribution >= 0.6 is 15.9 Å². The molecular formula is C17H18BrN3O2. The minimum Gasteiger partial charge on any atom is -0.336 e. The highest BCUT2D eigenvalue weighted by Gasteiger charge is 2.07. The quantitative estimate of drug-likeness (QED) is 0.747. The van der Waals surface area contributed by atoms with Gasteiger partial charge in [-0.05, 0) is 56.3 Å². The second-order valence-corrected chi connectivity index (χ2v) is 6.21. The predicted molar refractivity (Wildman–Crippen MR) is 95.8 cm³/mol. The average Bonchev–Trinajstić information content (AvgIpc) is 2.48. The molecule has 2 aromatic rings. The number of hydrogen-bond donors (Lipinski definition) is 3. The minimum atomic E-state index is -0.258. The molecule has 0 spiro atoms. The molecule has 0 atom stereocenters. The van der Waals surface area contributed by atoms with E-state index in [4.69, 9.17) is 0 Å². The molecule has 0 saturated heterocycles. The molecule has 2 aromatic carbocycles. The summed E-state index contributed by atoms with van der Waals surface area (Å²) in [7, 11) is 0. The van der Waals surface area contributed by atoms with Crippen LogP contribution in [0, 0.1) is 0 Å². The Morgan fingerprint density at radius 1 is 0.957 bits per heavy atom. The van der Waals surface area contributed by atoms with Gasteiger partial charge in [-0.3, -0.25) is 4.79 Å². The van der Waals surface area contributed by atoms with E-state index in [1.165, 1.54) is 0 Å². The fraction of sp³-hybridized carbons (Fsp3) is 0.176. The van der Waals surface area contributed by atoms with Crippen molar-refractivity contribution in [3.05, 3.63) is 58.6 Å². The molecule has 5 nitrogen and oxygen atoms in total. The Kier molecular flexibility index (Phi) is 5.76. The fourth-order valence-corrected chi connectivity index (χ4v) is 2.30. The van der Waals surface area contributed by atoms with Gasteiger partial charge in [-0.2, -0.15) is 0 Å². The van der Waals surface area contributed by atoms with Gasteiger partial charge >= 0.3 is 6.03 Å². The SMILES string of the molecule is CC(C)NC(=O)Nc1ccc(NC(=O)c2cccc(Br)c2)cc1. The van der Waals surface area contributed by atoms with Crippen molar-refractivity contribution in [1.82, 2.24) is 5.32 Å². The van der Waals surface area contributed by atoms with Crippen molar-refractivity contribution in [1.29, 1.82) is 0 Å². The van der Waals surface area contributed by atoms with Crippen LogP contribution in [0.25, 0.3) is 0 Å². The lowest BCUT2D eigenvalue weighted by atomic mass is 10.2. The van der Waals surface area contributed by atoms with Gasteiger partial charge in [0.15, 0.2) is 0 Å². The van der Waals surface area contributed by atoms with Gasteiger partial charge in [0.2, 0.25) is 0 Å². The topological polar surface area (TPSA) is 70.2 Å². The van der Waals surface area contributed by atoms with Gasteiger partial charge in [-0.15, -0.1) is 0 Å². The highest BCUT2D eigenvalue weighted by atomic mass is 79.9. The molecule has 3 N–H and O–H groups in total. The summed E-state index contributed by atoms with van der Waals surface area (Å²) in [5.74, 6) is -0.190. The van der Waals surface area contributed by atoms with Gasteiger partial charge in [0.1, 0.15) is 0 Å². The van der Waals surface area contributed by atoms with Crippen molar-refractivity contribution in [2.45, 2.75) is 19.9 Å². The smallest absolute Gasteiger partial charge is 0.319 e. The predicted octanol–water partition coefficient (Wildman–Crippen LogP) is 4.23. The Morgan fingerprint density at radius 2 is 1.57 bits per heavy atom. The summed E-state index contributed by atoms with van der Waals surface area (Å²) in [6, 6.07) is 13.9. The first-order chi connectivity index (χ1) is 10.9. The van der Waals surface area contributed by atoms with Crippen molar-refractivity contribution in [2.24, 2.45) is 0 Å². The lowest BCUT2D eigenvalue weighted by Gasteiger charge is -2.11. The molecule has 0 saturated carbocycles. The fourth-order valence-electron chi connectivity index (χ4n) is 1.90. The number of halogens is 1. The van der Waals surface area contributed by atoms with E-state index < -0.39 is 0 Å². The van der Waals surface area contributed by atoms with Crippen molar-refractivity contribution in [3.63, 3.8) is 0 Å². The number of anilines is 2. The summed E-state index contributed by atoms with van der Waals surface area (Å²) in [5.41, 5.74) is 1.88. The van der Waals surface area contributed by atoms with E-state index in [0.29, 0.717) is 16.9 Å². The van der Waals surface area contributed by atoms with Crippen LogP contribution in [-0.2, 0) is 0 Å². The Balaban J connectivity index is 1.97. The molecule has 0 heterocycles. The number of amides is 3. The number of benzene rings is 2. The van der Waals surface area contributed by atoms with E-state index in [9.17, 15) is 9.59 Å². The maximum Gasteiger partial charge on any atom is 0.319 e. The standard InChI is InChI=1S/C17H18BrN3O2/c1-11(2)19-17(23)21-15-8-6-14(7-9-15)20-16(22)12-4-3-5-13(18)10-12/h3-11H,1-2H3,(H,20,22)(H2,19,21,23). The normalized spacial score (nSPS) is 10.3. The molecule has 120 valence electrons. The van der Waals surface area contributed by atoms with Crippen molar-refractivity contribution in [2.75, 3.05) is 10.6 Å². The summed E-state index contributed by atoms with van der Waals surface area (Å²) in [6.07, 6.45) is 0. The Morgan fingerprint density at radius 3 is 2.13 bits per heavy atom. The first-order valence-corrected chi connectivity index (χ1v) is 7.98. The largest absolute Gasteiger partial charge is 0.336 e. The van der Waals surface area contributed by atoms with Gasteiger partial charge < -0.3 is 16.0 Å². The maximum atomic E-state index is 12.1. The Hall–Kier alpha value is -2.34. The van der Waals surface area contributed by atoms with Crippen LogP contribution < -0.4 is 16.0 Å². The molecule has 0 fully saturated rings. The van der Waals surface area contributed by atoms with E-state index >= 15 is 0 Å². The van der Waals surface area contributed by atoms with Crippen molar-refractivity contribution in [3.8, 4) is 0 Å². The molecule has 0 radical (unpaired) electrons. The van der Waals surface area contributed by atoms with Crippen LogP contribution in [0.15, 0.2) is 53.0 Å². The van der Waals surface area contributed by atoms with E-state index in [0.717, 1.165) is 4.47 Å². The lowest BCUT2D eigenvalue weighted by molar-refractivity contribution is 0.102. The van der Waals surface area contributed by atoms with E-state index in [1.807, 2.05) is 19.9 Å². The molecule has 3 amide bonds. The van der Waals surface area contributed by atoms with Crippen LogP contribution in [-0.4, -0.2) is 18.0 Å². The first-order valence-electron chi connectivity index (χ1n) is 7.18. The molecule has 0 aliphatic rings. The molecule has 23 heavy (non-hydrogen) atoms. The van der Waals surface area contributed by atoms with Gasteiger partial charge in [0, 0.05) is 27.5 Å². The summed E-state index contributed by atoms with van der Waals surface area (Å²) < 4.78 is 0.848. The summed E-state index contributed by atoms with van der Waals surface area (Å²) in [4.78, 5) is 23.7. The highest BCUT2D eigenvalue weighted by Crippen LogP contribution is 2.16. The minimum absolute atomic E-state index is 0.0683. The second kappa shape index (κ2) is 7.78. The zero-order valence-electron chi connectivity index (χ0n) is 12.9. The number of carbonyl (C=O) groups is 2. The maximum absolute atomic E-state index is 12.1. The number of nitrogens with one attached hydrogen (secondary N) is 3. The number of rotatable bonds is 4. The van der Waals surface area contributed by atoms with Crippen LogP contribution in [0.4, 0.5) is 16.2 Å². The first kappa shape index (κ1) is 17.0. The molecule has 6 heteroatoms. The second-order valence-electron chi connectivity index (χ2n) is 5.29. The number of carbonyl (C=O) groups excluding carboxylic acids is 2. The van der Waals surface area contributed by atoms with Crippen LogP contribution in [0.1, 0.15) is 24.2 Å². The summed E-state index contributed by atoms with van der Waals surface area (Å²) >= 11 is 3.34. The van der Waals surface area contributed by atoms with Crippen LogP contribution in [0.5, 0.6) is 0 Å². The van der Waals surface area contributed by atoms with Crippen molar-refractivity contribution >= 4 is 39.2 Å². The lowest BCUT2D eigenvalue weighted by Crippen LogP contribution is -2.34.